The van der Waals surface area contributed by atoms with Crippen molar-refractivity contribution in [3.8, 4) is 0 Å². The molecule has 0 saturated carbocycles. The largest absolute Gasteiger partial charge is 0.394 e. The molecule has 142 valence electrons. The molecule has 1 aliphatic rings. The van der Waals surface area contributed by atoms with Gasteiger partial charge < -0.3 is 25.4 Å². The van der Waals surface area contributed by atoms with Crippen molar-refractivity contribution in [2.24, 2.45) is 0 Å². The van der Waals surface area contributed by atoms with Crippen LogP contribution in [0.15, 0.2) is 18.5 Å². The van der Waals surface area contributed by atoms with E-state index in [9.17, 15) is 15.3 Å². The van der Waals surface area contributed by atoms with Gasteiger partial charge in [0, 0.05) is 6.54 Å². The molecule has 3 rings (SSSR count). The monoisotopic (exact) mass is 381 g/mol. The molecular formula is C16H23N5O4S. The standard InChI is InChI=1S/C16H23N5O4S/c1-8(2)4-5-17-14-11-15(20-9(3)19-14)21(7-18-11)16(26)13(24)12(23)10(6-22)25-16/h7,10,12-13,22-24,26H,1,4-6H2,2-3H3,(H,17,19,20)/t10-,12-,13-,16+/m1/s1. The maximum absolute atomic E-state index is 10.4. The minimum absolute atomic E-state index is 0.398. The van der Waals surface area contributed by atoms with Gasteiger partial charge in [-0.05, 0) is 20.3 Å². The molecule has 0 aliphatic carbocycles. The molecule has 0 radical (unpaired) electrons. The zero-order valence-electron chi connectivity index (χ0n) is 14.6. The molecule has 1 saturated heterocycles. The molecule has 0 spiro atoms. The third-order valence-corrected chi connectivity index (χ3v) is 4.88. The Morgan fingerprint density at radius 1 is 1.46 bits per heavy atom. The number of nitrogens with one attached hydrogen (secondary N) is 1. The number of thiol groups is 1. The number of imidazole rings is 1. The molecule has 2 aromatic rings. The van der Waals surface area contributed by atoms with E-state index in [1.807, 2.05) is 6.92 Å². The predicted octanol–water partition coefficient (Wildman–Crippen LogP) is 0.166. The summed E-state index contributed by atoms with van der Waals surface area (Å²) in [4.78, 5) is 13.1. The first-order chi connectivity index (χ1) is 12.3. The van der Waals surface area contributed by atoms with Crippen LogP contribution in [0.1, 0.15) is 19.2 Å². The summed E-state index contributed by atoms with van der Waals surface area (Å²) in [7, 11) is 0. The first-order valence-electron chi connectivity index (χ1n) is 8.25. The van der Waals surface area contributed by atoms with Crippen molar-refractivity contribution >= 4 is 29.6 Å². The fourth-order valence-electron chi connectivity index (χ4n) is 2.89. The number of fused-ring (bicyclic) bond motifs is 1. The minimum Gasteiger partial charge on any atom is -0.394 e. The number of hydrogen-bond donors (Lipinski definition) is 5. The first-order valence-corrected chi connectivity index (χ1v) is 8.70. The Kier molecular flexibility index (Phi) is 5.22. The maximum atomic E-state index is 10.4. The molecule has 26 heavy (non-hydrogen) atoms. The van der Waals surface area contributed by atoms with Gasteiger partial charge in [-0.3, -0.25) is 4.57 Å². The fraction of sp³-hybridized carbons (Fsp3) is 0.562. The number of aryl methyl sites for hydroxylation is 1. The summed E-state index contributed by atoms with van der Waals surface area (Å²) in [6.07, 6.45) is -1.42. The Morgan fingerprint density at radius 3 is 2.81 bits per heavy atom. The number of anilines is 1. The van der Waals surface area contributed by atoms with Crippen LogP contribution in [0.5, 0.6) is 0 Å². The van der Waals surface area contributed by atoms with Crippen LogP contribution in [0.25, 0.3) is 11.2 Å². The average molecular weight is 381 g/mol. The van der Waals surface area contributed by atoms with E-state index >= 15 is 0 Å². The van der Waals surface area contributed by atoms with Crippen LogP contribution in [0.2, 0.25) is 0 Å². The lowest BCUT2D eigenvalue weighted by Gasteiger charge is -2.28. The van der Waals surface area contributed by atoms with Gasteiger partial charge in [0.1, 0.15) is 30.5 Å². The van der Waals surface area contributed by atoms with E-state index in [0.29, 0.717) is 29.4 Å². The molecule has 3 heterocycles. The minimum atomic E-state index is -1.61. The molecule has 0 bridgehead atoms. The highest BCUT2D eigenvalue weighted by molar-refractivity contribution is 7.81. The summed E-state index contributed by atoms with van der Waals surface area (Å²) >= 11 is 4.43. The van der Waals surface area contributed by atoms with E-state index in [1.165, 1.54) is 10.9 Å². The van der Waals surface area contributed by atoms with Crippen molar-refractivity contribution in [3.63, 3.8) is 0 Å². The van der Waals surface area contributed by atoms with E-state index in [0.717, 1.165) is 12.0 Å². The second-order valence-electron chi connectivity index (χ2n) is 6.47. The highest BCUT2D eigenvalue weighted by Gasteiger charge is 2.54. The lowest BCUT2D eigenvalue weighted by atomic mass is 10.1. The number of hydrogen-bond acceptors (Lipinski definition) is 9. The molecule has 0 aromatic carbocycles. The van der Waals surface area contributed by atoms with Crippen LogP contribution in [-0.2, 0) is 9.79 Å². The smallest absolute Gasteiger partial charge is 0.222 e. The third-order valence-electron chi connectivity index (χ3n) is 4.29. The summed E-state index contributed by atoms with van der Waals surface area (Å²) < 4.78 is 7.05. The van der Waals surface area contributed by atoms with Gasteiger partial charge in [-0.2, -0.15) is 0 Å². The number of nitrogens with zero attached hydrogens (tertiary/aromatic N) is 4. The summed E-state index contributed by atoms with van der Waals surface area (Å²) in [5, 5.41) is 31.4. The molecule has 10 heteroatoms. The van der Waals surface area contributed by atoms with Crippen molar-refractivity contribution in [2.75, 3.05) is 18.5 Å². The fourth-order valence-corrected chi connectivity index (χ4v) is 3.33. The van der Waals surface area contributed by atoms with Gasteiger partial charge in [0.05, 0.1) is 6.61 Å². The molecule has 0 amide bonds. The van der Waals surface area contributed by atoms with Crippen molar-refractivity contribution < 1.29 is 20.1 Å². The van der Waals surface area contributed by atoms with Crippen LogP contribution >= 0.6 is 12.6 Å². The summed E-state index contributed by atoms with van der Waals surface area (Å²) in [5.74, 6) is 1.05. The van der Waals surface area contributed by atoms with E-state index < -0.39 is 30.0 Å². The molecule has 9 nitrogen and oxygen atoms in total. The molecule has 0 unspecified atom stereocenters. The van der Waals surface area contributed by atoms with Gasteiger partial charge in [0.2, 0.25) is 5.06 Å². The van der Waals surface area contributed by atoms with E-state index in [4.69, 9.17) is 4.74 Å². The lowest BCUT2D eigenvalue weighted by molar-refractivity contribution is -0.0760. The number of rotatable bonds is 6. The van der Waals surface area contributed by atoms with Gasteiger partial charge >= 0.3 is 0 Å². The Labute approximate surface area is 156 Å². The number of aliphatic hydroxyl groups is 3. The number of aliphatic hydroxyl groups excluding tert-OH is 3. The molecule has 2 aromatic heterocycles. The SMILES string of the molecule is C=C(C)CCNc1nc(C)nc2c1ncn2[C@]1(S)O[C@H](CO)[C@@H](O)[C@H]1O. The van der Waals surface area contributed by atoms with Gasteiger partial charge in [0.15, 0.2) is 17.0 Å². The predicted molar refractivity (Wildman–Crippen MR) is 98.9 cm³/mol. The topological polar surface area (TPSA) is 126 Å². The highest BCUT2D eigenvalue weighted by atomic mass is 32.1. The Morgan fingerprint density at radius 2 is 2.19 bits per heavy atom. The average Bonchev–Trinajstić information content (AvgIpc) is 3.10. The van der Waals surface area contributed by atoms with Gasteiger partial charge in [-0.15, -0.1) is 19.2 Å². The van der Waals surface area contributed by atoms with Crippen LogP contribution in [-0.4, -0.2) is 66.3 Å². The van der Waals surface area contributed by atoms with E-state index in [2.05, 4.69) is 39.5 Å². The molecule has 1 aliphatic heterocycles. The summed E-state index contributed by atoms with van der Waals surface area (Å²) in [6.45, 7) is 7.75. The zero-order valence-corrected chi connectivity index (χ0v) is 15.5. The molecule has 4 atom stereocenters. The lowest BCUT2D eigenvalue weighted by Crippen LogP contribution is -2.41. The second kappa shape index (κ2) is 7.12. The highest BCUT2D eigenvalue weighted by Crippen LogP contribution is 2.40. The molecule has 4 N–H and O–H groups in total. The molecular weight excluding hydrogens is 358 g/mol. The van der Waals surface area contributed by atoms with Gasteiger partial charge in [-0.25, -0.2) is 15.0 Å². The van der Waals surface area contributed by atoms with Crippen LogP contribution in [0.4, 0.5) is 5.82 Å². The summed E-state index contributed by atoms with van der Waals surface area (Å²) in [6, 6.07) is 0. The first kappa shape index (κ1) is 19.1. The van der Waals surface area contributed by atoms with E-state index in [1.54, 1.807) is 6.92 Å². The Hall–Kier alpha value is -1.72. The van der Waals surface area contributed by atoms with Crippen molar-refractivity contribution in [1.82, 2.24) is 19.5 Å². The number of ether oxygens (including phenoxy) is 1. The van der Waals surface area contributed by atoms with Crippen molar-refractivity contribution in [3.05, 3.63) is 24.3 Å². The summed E-state index contributed by atoms with van der Waals surface area (Å²) in [5.41, 5.74) is 1.93. The van der Waals surface area contributed by atoms with Crippen molar-refractivity contribution in [1.29, 1.82) is 0 Å². The van der Waals surface area contributed by atoms with Crippen LogP contribution < -0.4 is 5.32 Å². The van der Waals surface area contributed by atoms with Crippen LogP contribution in [0.3, 0.4) is 0 Å². The van der Waals surface area contributed by atoms with Gasteiger partial charge in [0.25, 0.3) is 0 Å². The zero-order chi connectivity index (χ0) is 19.1. The van der Waals surface area contributed by atoms with Crippen LogP contribution in [0, 0.1) is 6.92 Å². The number of aromatic nitrogens is 4. The second-order valence-corrected chi connectivity index (χ2v) is 7.11. The third kappa shape index (κ3) is 3.19. The Balaban J connectivity index is 2.01. The quantitative estimate of drug-likeness (QED) is 0.354. The normalized spacial score (nSPS) is 28.6. The van der Waals surface area contributed by atoms with Gasteiger partial charge in [-0.1, -0.05) is 5.57 Å². The maximum Gasteiger partial charge on any atom is 0.222 e. The molecule has 1 fully saturated rings. The Bertz CT molecular complexity index is 828. The van der Waals surface area contributed by atoms with E-state index in [-0.39, 0.29) is 0 Å². The van der Waals surface area contributed by atoms with Crippen molar-refractivity contribution in [2.45, 2.75) is 43.6 Å².